The molecule has 0 N–H and O–H groups in total. The van der Waals surface area contributed by atoms with Crippen LogP contribution in [-0.4, -0.2) is 87.2 Å². The predicted octanol–water partition coefficient (Wildman–Crippen LogP) is 5.69. The minimum Gasteiger partial charge on any atom is -0.497 e. The van der Waals surface area contributed by atoms with Gasteiger partial charge in [-0.05, 0) is 76.2 Å². The summed E-state index contributed by atoms with van der Waals surface area (Å²) in [4.78, 5) is 20.2. The molecule has 4 rings (SSSR count). The number of likely N-dealkylation sites (N-methyl/N-ethyl adjacent to an activating group) is 1. The van der Waals surface area contributed by atoms with Crippen molar-refractivity contribution in [3.63, 3.8) is 0 Å². The van der Waals surface area contributed by atoms with Crippen LogP contribution in [0.4, 0.5) is 0 Å². The fourth-order valence-corrected chi connectivity index (χ4v) is 7.30. The van der Waals surface area contributed by atoms with Crippen molar-refractivity contribution in [1.82, 2.24) is 14.7 Å². The molecule has 0 amide bonds. The summed E-state index contributed by atoms with van der Waals surface area (Å²) in [5, 5.41) is 3.97. The molecule has 41 heavy (non-hydrogen) atoms. The van der Waals surface area contributed by atoms with Crippen LogP contribution in [0.2, 0.25) is 0 Å². The molecule has 2 aromatic rings. The van der Waals surface area contributed by atoms with Crippen molar-refractivity contribution >= 4 is 15.9 Å². The molecule has 0 bridgehead atoms. The Morgan fingerprint density at radius 2 is 1.59 bits per heavy atom. The molecule has 0 saturated carbocycles. The van der Waals surface area contributed by atoms with Gasteiger partial charge < -0.3 is 18.9 Å². The molecule has 2 heterocycles. The molecular formula is C31H43BrN4O5. The Bertz CT molecular complexity index is 1200. The summed E-state index contributed by atoms with van der Waals surface area (Å²) in [6.07, 6.45) is 4.75. The van der Waals surface area contributed by atoms with Gasteiger partial charge in [0.15, 0.2) is 5.66 Å². The third-order valence-corrected chi connectivity index (χ3v) is 9.77. The number of piperidine rings is 1. The van der Waals surface area contributed by atoms with Gasteiger partial charge in [0.25, 0.3) is 0 Å². The maximum Gasteiger partial charge on any atom is 0.178 e. The number of benzene rings is 2. The molecular weight excluding hydrogens is 588 g/mol. The normalized spacial score (nSPS) is 21.1. The largest absolute Gasteiger partial charge is 0.497 e. The average Bonchev–Trinajstić information content (AvgIpc) is 3.25. The van der Waals surface area contributed by atoms with E-state index in [1.54, 1.807) is 28.4 Å². The highest BCUT2D eigenvalue weighted by Crippen LogP contribution is 2.50. The van der Waals surface area contributed by atoms with E-state index in [2.05, 4.69) is 61.4 Å². The van der Waals surface area contributed by atoms with E-state index >= 15 is 0 Å². The van der Waals surface area contributed by atoms with Crippen LogP contribution >= 0.6 is 15.9 Å². The number of methoxy groups -OCH3 is 4. The van der Waals surface area contributed by atoms with E-state index in [-0.39, 0.29) is 5.54 Å². The summed E-state index contributed by atoms with van der Waals surface area (Å²) in [7, 11) is 6.64. The van der Waals surface area contributed by atoms with E-state index in [4.69, 9.17) is 18.9 Å². The summed E-state index contributed by atoms with van der Waals surface area (Å²) >= 11 is 3.71. The van der Waals surface area contributed by atoms with Crippen molar-refractivity contribution in [3.8, 4) is 23.0 Å². The van der Waals surface area contributed by atoms with Crippen LogP contribution in [-0.2, 0) is 13.0 Å². The maximum absolute atomic E-state index is 13.0. The van der Waals surface area contributed by atoms with E-state index in [1.807, 2.05) is 24.3 Å². The lowest BCUT2D eigenvalue weighted by atomic mass is 9.74. The molecule has 9 nitrogen and oxygen atoms in total. The number of ether oxygens (including phenoxy) is 4. The van der Waals surface area contributed by atoms with Gasteiger partial charge in [-0.1, -0.05) is 13.0 Å². The first-order valence-corrected chi connectivity index (χ1v) is 14.9. The number of nitroso groups, excluding NO2 is 1. The maximum atomic E-state index is 13.0. The summed E-state index contributed by atoms with van der Waals surface area (Å²) in [5.41, 5.74) is 0.935. The molecule has 2 saturated heterocycles. The van der Waals surface area contributed by atoms with Gasteiger partial charge >= 0.3 is 0 Å². The van der Waals surface area contributed by atoms with Crippen LogP contribution in [0.15, 0.2) is 52.6 Å². The van der Waals surface area contributed by atoms with Gasteiger partial charge in [0.1, 0.15) is 23.0 Å². The van der Waals surface area contributed by atoms with Gasteiger partial charge in [-0.2, -0.15) is 0 Å². The second kappa shape index (κ2) is 13.5. The zero-order valence-corrected chi connectivity index (χ0v) is 26.5. The molecule has 0 aromatic heterocycles. The predicted molar refractivity (Wildman–Crippen MR) is 165 cm³/mol. The summed E-state index contributed by atoms with van der Waals surface area (Å²) in [6, 6.07) is 9.89. The van der Waals surface area contributed by atoms with E-state index < -0.39 is 5.66 Å². The van der Waals surface area contributed by atoms with Crippen LogP contribution in [0.3, 0.4) is 0 Å². The highest BCUT2D eigenvalue weighted by molar-refractivity contribution is 9.10. The fourth-order valence-electron chi connectivity index (χ4n) is 6.71. The third kappa shape index (κ3) is 5.98. The second-order valence-electron chi connectivity index (χ2n) is 10.7. The zero-order chi connectivity index (χ0) is 29.6. The van der Waals surface area contributed by atoms with E-state index in [0.29, 0.717) is 26.1 Å². The molecule has 10 heteroatoms. The highest BCUT2D eigenvalue weighted by atomic mass is 79.9. The Balaban J connectivity index is 1.57. The smallest absolute Gasteiger partial charge is 0.178 e. The molecule has 2 aliphatic heterocycles. The Morgan fingerprint density at radius 1 is 0.951 bits per heavy atom. The van der Waals surface area contributed by atoms with Gasteiger partial charge in [-0.3, -0.25) is 14.7 Å². The molecule has 2 aliphatic rings. The first-order chi connectivity index (χ1) is 19.8. The highest BCUT2D eigenvalue weighted by Gasteiger charge is 2.64. The lowest BCUT2D eigenvalue weighted by Crippen LogP contribution is -2.64. The number of hydrogen-bond donors (Lipinski definition) is 0. The van der Waals surface area contributed by atoms with Gasteiger partial charge in [-0.25, -0.2) is 0 Å². The Morgan fingerprint density at radius 3 is 2.12 bits per heavy atom. The third-order valence-electron chi connectivity index (χ3n) is 8.87. The monoisotopic (exact) mass is 630 g/mol. The van der Waals surface area contributed by atoms with Gasteiger partial charge in [0, 0.05) is 44.7 Å². The molecule has 0 radical (unpaired) electrons. The van der Waals surface area contributed by atoms with Crippen LogP contribution in [0.5, 0.6) is 23.0 Å². The van der Waals surface area contributed by atoms with Crippen molar-refractivity contribution in [2.24, 2.45) is 5.18 Å². The zero-order valence-electron chi connectivity index (χ0n) is 25.0. The van der Waals surface area contributed by atoms with Crippen LogP contribution < -0.4 is 18.9 Å². The number of likely N-dealkylation sites (tertiary alicyclic amines) is 1. The summed E-state index contributed by atoms with van der Waals surface area (Å²) < 4.78 is 22.9. The first kappa shape index (κ1) is 31.3. The summed E-state index contributed by atoms with van der Waals surface area (Å²) in [5.74, 6) is 3.03. The molecule has 1 atom stereocenters. The molecule has 0 aliphatic carbocycles. The minimum atomic E-state index is -0.897. The first-order valence-electron chi connectivity index (χ1n) is 14.1. The van der Waals surface area contributed by atoms with Crippen molar-refractivity contribution in [1.29, 1.82) is 0 Å². The summed E-state index contributed by atoms with van der Waals surface area (Å²) in [6.45, 7) is 10.9. The van der Waals surface area contributed by atoms with E-state index in [1.165, 1.54) is 0 Å². The number of rotatable bonds is 13. The topological polar surface area (TPSA) is 76.1 Å². The van der Waals surface area contributed by atoms with Crippen LogP contribution in [0.25, 0.3) is 0 Å². The fraction of sp³-hybridized carbons (Fsp3) is 0.548. The molecule has 1 unspecified atom stereocenters. The Hall–Kier alpha value is -2.66. The molecule has 1 spiro atoms. The molecule has 224 valence electrons. The van der Waals surface area contributed by atoms with Crippen molar-refractivity contribution in [3.05, 3.63) is 63.5 Å². The Labute approximate surface area is 252 Å². The minimum absolute atomic E-state index is 0.371. The van der Waals surface area contributed by atoms with Crippen molar-refractivity contribution in [2.45, 2.75) is 50.4 Å². The number of halogens is 1. The average molecular weight is 632 g/mol. The van der Waals surface area contributed by atoms with Gasteiger partial charge in [0.05, 0.1) is 45.1 Å². The van der Waals surface area contributed by atoms with Gasteiger partial charge in [-0.15, -0.1) is 11.5 Å². The van der Waals surface area contributed by atoms with Crippen LogP contribution in [0, 0.1) is 4.91 Å². The van der Waals surface area contributed by atoms with Crippen molar-refractivity contribution in [2.75, 3.05) is 61.3 Å². The van der Waals surface area contributed by atoms with Crippen LogP contribution in [0.1, 0.15) is 37.3 Å². The van der Waals surface area contributed by atoms with E-state index in [9.17, 15) is 4.91 Å². The second-order valence-corrected chi connectivity index (χ2v) is 11.5. The molecule has 2 aromatic carbocycles. The quantitative estimate of drug-likeness (QED) is 0.206. The SMILES string of the molecule is C=CCC1(N=O)N(CCc2cc(OC)cc(OC)c2Br)CN(CC)C12CCN(Cc1cc(OC)cc(OC)c1)CC2. The number of nitrogens with zero attached hydrogens (tertiary/aromatic N) is 4. The van der Waals surface area contributed by atoms with E-state index in [0.717, 1.165) is 77.6 Å². The lowest BCUT2D eigenvalue weighted by molar-refractivity contribution is -0.00377. The van der Waals surface area contributed by atoms with Crippen molar-refractivity contribution < 1.29 is 18.9 Å². The Kier molecular flexibility index (Phi) is 10.3. The van der Waals surface area contributed by atoms with Gasteiger partial charge in [0.2, 0.25) is 0 Å². The standard InChI is InChI=1S/C31H43BrN4O5/c1-7-10-31(33-37)30(11-14-34(15-12-30)21-23-16-25(38-3)19-26(17-23)39-4)35(8-2)22-36(31)13-9-24-18-27(40-5)20-28(41-6)29(24)32/h7,16-20H,1,8-15,21-22H2,2-6H3. The molecule has 2 fully saturated rings. The lowest BCUT2D eigenvalue weighted by Gasteiger charge is -2.51. The number of hydrogen-bond acceptors (Lipinski definition) is 9.